The summed E-state index contributed by atoms with van der Waals surface area (Å²) in [7, 11) is 0. The summed E-state index contributed by atoms with van der Waals surface area (Å²) in [5.41, 5.74) is 8.54. The molecule has 0 unspecified atom stereocenters. The lowest BCUT2D eigenvalue weighted by atomic mass is 10.0. The Morgan fingerprint density at radius 2 is 2.24 bits per heavy atom. The highest BCUT2D eigenvalue weighted by Gasteiger charge is 2.13. The minimum Gasteiger partial charge on any atom is -0.481 e. The van der Waals surface area contributed by atoms with Crippen LogP contribution < -0.4 is 5.73 Å². The molecule has 0 radical (unpaired) electrons. The van der Waals surface area contributed by atoms with E-state index >= 15 is 0 Å². The van der Waals surface area contributed by atoms with Gasteiger partial charge in [0.05, 0.1) is 11.9 Å². The summed E-state index contributed by atoms with van der Waals surface area (Å²) >= 11 is 3.36. The average molecular weight is 295 g/mol. The van der Waals surface area contributed by atoms with Gasteiger partial charge in [-0.2, -0.15) is 0 Å². The molecule has 1 heterocycles. The highest BCUT2D eigenvalue weighted by molar-refractivity contribution is 9.10. The number of nitrogens with zero attached hydrogens (tertiary/aromatic N) is 1. The summed E-state index contributed by atoms with van der Waals surface area (Å²) in [6, 6.07) is 5.58. The van der Waals surface area contributed by atoms with Crippen molar-refractivity contribution >= 4 is 38.5 Å². The van der Waals surface area contributed by atoms with Crippen molar-refractivity contribution in [1.82, 2.24) is 4.98 Å². The molecule has 0 aliphatic heterocycles. The van der Waals surface area contributed by atoms with E-state index < -0.39 is 5.97 Å². The summed E-state index contributed by atoms with van der Waals surface area (Å²) in [4.78, 5) is 15.2. The van der Waals surface area contributed by atoms with Crippen LogP contribution in [0.4, 0.5) is 5.69 Å². The molecule has 0 saturated heterocycles. The zero-order valence-electron chi connectivity index (χ0n) is 9.20. The Kier molecular flexibility index (Phi) is 3.02. The first-order chi connectivity index (χ1) is 7.99. The second kappa shape index (κ2) is 4.33. The average Bonchev–Trinajstić information content (AvgIpc) is 2.25. The van der Waals surface area contributed by atoms with Crippen LogP contribution in [0.15, 0.2) is 22.7 Å². The molecule has 3 N–H and O–H groups in total. The van der Waals surface area contributed by atoms with E-state index in [0.717, 1.165) is 15.4 Å². The van der Waals surface area contributed by atoms with Gasteiger partial charge in [-0.05, 0) is 25.1 Å². The zero-order valence-corrected chi connectivity index (χ0v) is 10.8. The maximum atomic E-state index is 10.8. The van der Waals surface area contributed by atoms with Gasteiger partial charge >= 0.3 is 5.97 Å². The molecule has 1 aromatic heterocycles. The molecule has 2 rings (SSSR count). The number of fused-ring (bicyclic) bond motifs is 1. The van der Waals surface area contributed by atoms with E-state index in [1.54, 1.807) is 6.92 Å². The highest BCUT2D eigenvalue weighted by atomic mass is 79.9. The van der Waals surface area contributed by atoms with Gasteiger partial charge in [0.15, 0.2) is 0 Å². The number of carboxylic acid groups (broad SMARTS) is 1. The molecule has 0 atom stereocenters. The van der Waals surface area contributed by atoms with Gasteiger partial charge in [0.25, 0.3) is 0 Å². The van der Waals surface area contributed by atoms with Crippen molar-refractivity contribution in [3.05, 3.63) is 33.9 Å². The molecule has 0 bridgehead atoms. The van der Waals surface area contributed by atoms with Crippen molar-refractivity contribution in [2.75, 3.05) is 5.73 Å². The Bertz CT molecular complexity index is 611. The molecule has 88 valence electrons. The minimum absolute atomic E-state index is 0.104. The molecule has 4 nitrogen and oxygen atoms in total. The highest BCUT2D eigenvalue weighted by Crippen LogP contribution is 2.28. The number of rotatable bonds is 2. The summed E-state index contributed by atoms with van der Waals surface area (Å²) in [5, 5.41) is 9.63. The maximum Gasteiger partial charge on any atom is 0.307 e. The van der Waals surface area contributed by atoms with Gasteiger partial charge in [0.1, 0.15) is 0 Å². The summed E-state index contributed by atoms with van der Waals surface area (Å²) in [6.07, 6.45) is -0.104. The number of hydrogen-bond acceptors (Lipinski definition) is 3. The number of aryl methyl sites for hydroxylation is 1. The number of benzene rings is 1. The first-order valence-corrected chi connectivity index (χ1v) is 5.84. The first kappa shape index (κ1) is 11.9. The molecule has 0 aliphatic rings. The molecular formula is C12H11BrN2O2. The van der Waals surface area contributed by atoms with Crippen LogP contribution in [0.25, 0.3) is 10.9 Å². The van der Waals surface area contributed by atoms with E-state index in [4.69, 9.17) is 10.8 Å². The first-order valence-electron chi connectivity index (χ1n) is 5.05. The Balaban J connectivity index is 2.73. The number of nitrogen functional groups attached to an aromatic ring is 1. The van der Waals surface area contributed by atoms with E-state index in [9.17, 15) is 4.79 Å². The standard InChI is InChI=1S/C12H11BrN2O2/c1-6-8(5-11(16)17)12(14)9-4-7(13)2-3-10(9)15-6/h2-4H,5H2,1H3,(H2,14,15)(H,16,17). The number of halogens is 1. The lowest BCUT2D eigenvalue weighted by Gasteiger charge is -2.10. The number of nitrogens with two attached hydrogens (primary N) is 1. The molecule has 0 fully saturated rings. The molecule has 0 amide bonds. The second-order valence-electron chi connectivity index (χ2n) is 3.82. The van der Waals surface area contributed by atoms with Gasteiger partial charge in [-0.3, -0.25) is 9.78 Å². The third kappa shape index (κ3) is 2.24. The van der Waals surface area contributed by atoms with Gasteiger partial charge in [0.2, 0.25) is 0 Å². The van der Waals surface area contributed by atoms with Crippen molar-refractivity contribution in [2.24, 2.45) is 0 Å². The SMILES string of the molecule is Cc1nc2ccc(Br)cc2c(N)c1CC(=O)O. The van der Waals surface area contributed by atoms with E-state index in [2.05, 4.69) is 20.9 Å². The van der Waals surface area contributed by atoms with Crippen molar-refractivity contribution in [3.63, 3.8) is 0 Å². The fraction of sp³-hybridized carbons (Fsp3) is 0.167. The normalized spacial score (nSPS) is 10.7. The monoisotopic (exact) mass is 294 g/mol. The minimum atomic E-state index is -0.907. The largest absolute Gasteiger partial charge is 0.481 e. The van der Waals surface area contributed by atoms with E-state index in [1.807, 2.05) is 18.2 Å². The number of aliphatic carboxylic acids is 1. The van der Waals surface area contributed by atoms with Crippen LogP contribution in [0.3, 0.4) is 0 Å². The number of anilines is 1. The smallest absolute Gasteiger partial charge is 0.307 e. The van der Waals surface area contributed by atoms with Crippen molar-refractivity contribution < 1.29 is 9.90 Å². The van der Waals surface area contributed by atoms with Crippen LogP contribution in [0.1, 0.15) is 11.3 Å². The van der Waals surface area contributed by atoms with Crippen LogP contribution in [-0.4, -0.2) is 16.1 Å². The van der Waals surface area contributed by atoms with E-state index in [1.165, 1.54) is 0 Å². The lowest BCUT2D eigenvalue weighted by Crippen LogP contribution is -2.07. The quantitative estimate of drug-likeness (QED) is 0.892. The van der Waals surface area contributed by atoms with Gasteiger partial charge in [-0.1, -0.05) is 15.9 Å². The van der Waals surface area contributed by atoms with Crippen molar-refractivity contribution in [3.8, 4) is 0 Å². The topological polar surface area (TPSA) is 76.2 Å². The van der Waals surface area contributed by atoms with Crippen LogP contribution in [0, 0.1) is 6.92 Å². The van der Waals surface area contributed by atoms with Crippen molar-refractivity contribution in [2.45, 2.75) is 13.3 Å². The molecule has 1 aromatic carbocycles. The van der Waals surface area contributed by atoms with Gasteiger partial charge < -0.3 is 10.8 Å². The van der Waals surface area contributed by atoms with E-state index in [-0.39, 0.29) is 6.42 Å². The Morgan fingerprint density at radius 3 is 2.88 bits per heavy atom. The molecular weight excluding hydrogens is 284 g/mol. The summed E-state index contributed by atoms with van der Waals surface area (Å²) in [5.74, 6) is -0.907. The number of aromatic nitrogens is 1. The number of hydrogen-bond donors (Lipinski definition) is 2. The molecule has 0 saturated carbocycles. The van der Waals surface area contributed by atoms with Crippen LogP contribution in [-0.2, 0) is 11.2 Å². The second-order valence-corrected chi connectivity index (χ2v) is 4.74. The van der Waals surface area contributed by atoms with Gasteiger partial charge in [-0.25, -0.2) is 0 Å². The fourth-order valence-corrected chi connectivity index (χ4v) is 2.16. The molecule has 5 heteroatoms. The van der Waals surface area contributed by atoms with Crippen molar-refractivity contribution in [1.29, 1.82) is 0 Å². The van der Waals surface area contributed by atoms with Gasteiger partial charge in [0, 0.05) is 26.8 Å². The zero-order chi connectivity index (χ0) is 12.6. The molecule has 2 aromatic rings. The third-order valence-corrected chi connectivity index (χ3v) is 3.12. The fourth-order valence-electron chi connectivity index (χ4n) is 1.80. The Labute approximate surface area is 107 Å². The summed E-state index contributed by atoms with van der Waals surface area (Å²) in [6.45, 7) is 1.77. The molecule has 0 spiro atoms. The van der Waals surface area contributed by atoms with Crippen LogP contribution >= 0.6 is 15.9 Å². The number of pyridine rings is 1. The third-order valence-electron chi connectivity index (χ3n) is 2.63. The van der Waals surface area contributed by atoms with Crippen LogP contribution in [0.5, 0.6) is 0 Å². The summed E-state index contributed by atoms with van der Waals surface area (Å²) < 4.78 is 0.892. The molecule has 17 heavy (non-hydrogen) atoms. The molecule has 0 aliphatic carbocycles. The predicted octanol–water partition coefficient (Wildman–Crippen LogP) is 2.52. The maximum absolute atomic E-state index is 10.8. The number of carboxylic acids is 1. The lowest BCUT2D eigenvalue weighted by molar-refractivity contribution is -0.136. The number of carbonyl (C=O) groups is 1. The van der Waals surface area contributed by atoms with Crippen LogP contribution in [0.2, 0.25) is 0 Å². The van der Waals surface area contributed by atoms with E-state index in [0.29, 0.717) is 16.9 Å². The predicted molar refractivity (Wildman–Crippen MR) is 69.9 cm³/mol. The Hall–Kier alpha value is -1.62. The van der Waals surface area contributed by atoms with Gasteiger partial charge in [-0.15, -0.1) is 0 Å². The Morgan fingerprint density at radius 1 is 1.53 bits per heavy atom.